The average Bonchev–Trinajstić information content (AvgIpc) is 2.66. The van der Waals surface area contributed by atoms with E-state index in [-0.39, 0.29) is 18.1 Å². The molecule has 0 amide bonds. The lowest BCUT2D eigenvalue weighted by molar-refractivity contribution is 0.367. The first-order valence-electron chi connectivity index (χ1n) is 8.46. The molecule has 0 aliphatic rings. The zero-order chi connectivity index (χ0) is 20.3. The number of ether oxygens (including phenoxy) is 1. The maximum atomic E-state index is 13.0. The van der Waals surface area contributed by atoms with Crippen molar-refractivity contribution in [2.45, 2.75) is 19.8 Å². The van der Waals surface area contributed by atoms with Gasteiger partial charge < -0.3 is 4.74 Å². The minimum absolute atomic E-state index is 0.0217. The number of halogens is 2. The second-order valence-electron chi connectivity index (χ2n) is 6.28. The van der Waals surface area contributed by atoms with Crippen LogP contribution < -0.4 is 10.3 Å². The number of aromatic nitrogens is 2. The Bertz CT molecular complexity index is 1170. The second kappa shape index (κ2) is 8.55. The van der Waals surface area contributed by atoms with Gasteiger partial charge in [0.1, 0.15) is 17.6 Å². The lowest BCUT2D eigenvalue weighted by Crippen LogP contribution is -2.23. The highest BCUT2D eigenvalue weighted by Gasteiger charge is 2.14. The van der Waals surface area contributed by atoms with Crippen LogP contribution in [0.25, 0.3) is 10.9 Å². The topological polar surface area (TPSA) is 80.3 Å². The van der Waals surface area contributed by atoms with Crippen molar-refractivity contribution in [1.29, 1.82) is 5.26 Å². The summed E-state index contributed by atoms with van der Waals surface area (Å²) in [5, 5.41) is 14.1. The fourth-order valence-electron chi connectivity index (χ4n) is 2.63. The van der Waals surface area contributed by atoms with Gasteiger partial charge in [-0.25, -0.2) is 4.98 Å². The molecule has 0 aliphatic heterocycles. The highest BCUT2D eigenvalue weighted by Crippen LogP contribution is 2.22. The molecule has 0 unspecified atom stereocenters. The molecule has 1 heterocycles. The fourth-order valence-corrected chi connectivity index (χ4v) is 3.17. The van der Waals surface area contributed by atoms with Crippen molar-refractivity contribution in [3.63, 3.8) is 0 Å². The Hall–Kier alpha value is -2.69. The second-order valence-corrected chi connectivity index (χ2v) is 7.63. The number of benzene rings is 2. The SMILES string of the molecule is CC(C)c1nc2ccc(Br)cc2c(=O)n1N=Cc1cc(Cl)ccc1OCC#N. The van der Waals surface area contributed by atoms with E-state index in [1.54, 1.807) is 30.3 Å². The Morgan fingerprint density at radius 2 is 2.14 bits per heavy atom. The third-order valence-corrected chi connectivity index (χ3v) is 4.65. The molecule has 3 aromatic rings. The van der Waals surface area contributed by atoms with Crippen LogP contribution in [0.5, 0.6) is 5.75 Å². The standard InChI is InChI=1S/C20H16BrClN4O2/c1-12(2)19-25-17-5-3-14(21)10-16(17)20(27)26(19)24-11-13-9-15(22)4-6-18(13)28-8-7-23/h3-6,9-12H,8H2,1-2H3. The highest BCUT2D eigenvalue weighted by molar-refractivity contribution is 9.10. The van der Waals surface area contributed by atoms with Gasteiger partial charge >= 0.3 is 0 Å². The average molecular weight is 460 g/mol. The normalized spacial score (nSPS) is 11.3. The van der Waals surface area contributed by atoms with Gasteiger partial charge in [-0.1, -0.05) is 41.4 Å². The molecule has 0 saturated heterocycles. The molecule has 3 rings (SSSR count). The van der Waals surface area contributed by atoms with Gasteiger partial charge in [0, 0.05) is 21.0 Å². The van der Waals surface area contributed by atoms with Crippen molar-refractivity contribution in [2.75, 3.05) is 6.61 Å². The summed E-state index contributed by atoms with van der Waals surface area (Å²) in [5.74, 6) is 0.967. The van der Waals surface area contributed by atoms with Crippen molar-refractivity contribution in [3.8, 4) is 11.8 Å². The first-order chi connectivity index (χ1) is 13.4. The maximum absolute atomic E-state index is 13.0. The van der Waals surface area contributed by atoms with Gasteiger partial charge in [0.25, 0.3) is 5.56 Å². The lowest BCUT2D eigenvalue weighted by Gasteiger charge is -2.12. The number of rotatable bonds is 5. The third-order valence-electron chi connectivity index (χ3n) is 3.93. The van der Waals surface area contributed by atoms with E-state index in [0.29, 0.717) is 33.1 Å². The summed E-state index contributed by atoms with van der Waals surface area (Å²) in [6, 6.07) is 12.3. The Balaban J connectivity index is 2.15. The summed E-state index contributed by atoms with van der Waals surface area (Å²) >= 11 is 9.46. The van der Waals surface area contributed by atoms with Gasteiger partial charge in [-0.2, -0.15) is 15.0 Å². The third kappa shape index (κ3) is 4.24. The van der Waals surface area contributed by atoms with Crippen LogP contribution in [0, 0.1) is 11.3 Å². The van der Waals surface area contributed by atoms with Gasteiger partial charge in [0.2, 0.25) is 0 Å². The smallest absolute Gasteiger partial charge is 0.282 e. The first kappa shape index (κ1) is 20.1. The minimum Gasteiger partial charge on any atom is -0.478 e. The molecule has 0 atom stereocenters. The van der Waals surface area contributed by atoms with Gasteiger partial charge in [-0.15, -0.1) is 0 Å². The van der Waals surface area contributed by atoms with E-state index in [9.17, 15) is 4.79 Å². The summed E-state index contributed by atoms with van der Waals surface area (Å²) in [4.78, 5) is 17.6. The zero-order valence-corrected chi connectivity index (χ0v) is 17.5. The minimum atomic E-state index is -0.271. The van der Waals surface area contributed by atoms with Crippen LogP contribution in [0.1, 0.15) is 31.2 Å². The van der Waals surface area contributed by atoms with Crippen LogP contribution in [0.15, 0.2) is 50.8 Å². The predicted octanol–water partition coefficient (Wildman–Crippen LogP) is 4.72. The molecule has 6 nitrogen and oxygen atoms in total. The number of hydrogen-bond acceptors (Lipinski definition) is 5. The Morgan fingerprint density at radius 1 is 1.36 bits per heavy atom. The molecule has 0 N–H and O–H groups in total. The Morgan fingerprint density at radius 3 is 2.86 bits per heavy atom. The predicted molar refractivity (Wildman–Crippen MR) is 113 cm³/mol. The number of hydrogen-bond donors (Lipinski definition) is 0. The molecule has 2 aromatic carbocycles. The maximum Gasteiger partial charge on any atom is 0.282 e. The van der Waals surface area contributed by atoms with Crippen LogP contribution in [0.2, 0.25) is 5.02 Å². The van der Waals surface area contributed by atoms with Gasteiger partial charge in [-0.05, 0) is 36.4 Å². The van der Waals surface area contributed by atoms with E-state index in [2.05, 4.69) is 26.0 Å². The van der Waals surface area contributed by atoms with Crippen LogP contribution in [-0.4, -0.2) is 22.5 Å². The first-order valence-corrected chi connectivity index (χ1v) is 9.63. The lowest BCUT2D eigenvalue weighted by atomic mass is 10.2. The molecule has 1 aromatic heterocycles. The van der Waals surface area contributed by atoms with Gasteiger partial charge in [0.05, 0.1) is 17.1 Å². The Kier molecular flexibility index (Phi) is 6.12. The molecule has 0 spiro atoms. The summed E-state index contributed by atoms with van der Waals surface area (Å²) in [6.45, 7) is 3.78. The van der Waals surface area contributed by atoms with Crippen molar-refractivity contribution >= 4 is 44.6 Å². The van der Waals surface area contributed by atoms with E-state index < -0.39 is 0 Å². The summed E-state index contributed by atoms with van der Waals surface area (Å²) in [7, 11) is 0. The largest absolute Gasteiger partial charge is 0.478 e. The van der Waals surface area contributed by atoms with Crippen LogP contribution >= 0.6 is 27.5 Å². The van der Waals surface area contributed by atoms with Crippen molar-refractivity contribution in [1.82, 2.24) is 9.66 Å². The van der Waals surface area contributed by atoms with E-state index in [1.807, 2.05) is 26.0 Å². The number of fused-ring (bicyclic) bond motifs is 1. The van der Waals surface area contributed by atoms with Crippen LogP contribution in [0.4, 0.5) is 0 Å². The molecule has 28 heavy (non-hydrogen) atoms. The van der Waals surface area contributed by atoms with E-state index >= 15 is 0 Å². The number of nitrogens with zero attached hydrogens (tertiary/aromatic N) is 4. The fraction of sp³-hybridized carbons (Fsp3) is 0.200. The molecular formula is C20H16BrClN4O2. The summed E-state index contributed by atoms with van der Waals surface area (Å²) < 4.78 is 7.48. The van der Waals surface area contributed by atoms with E-state index in [1.165, 1.54) is 10.9 Å². The van der Waals surface area contributed by atoms with Gasteiger partial charge in [0.15, 0.2) is 6.61 Å². The molecule has 0 saturated carbocycles. The molecule has 8 heteroatoms. The van der Waals surface area contributed by atoms with Crippen molar-refractivity contribution in [3.05, 3.63) is 67.6 Å². The van der Waals surface area contributed by atoms with E-state index in [0.717, 1.165) is 4.47 Å². The molecular weight excluding hydrogens is 444 g/mol. The van der Waals surface area contributed by atoms with Crippen LogP contribution in [0.3, 0.4) is 0 Å². The van der Waals surface area contributed by atoms with Crippen LogP contribution in [-0.2, 0) is 0 Å². The molecule has 0 aliphatic carbocycles. The number of nitriles is 1. The quantitative estimate of drug-likeness (QED) is 0.517. The molecule has 142 valence electrons. The van der Waals surface area contributed by atoms with Gasteiger partial charge in [-0.3, -0.25) is 4.79 Å². The molecule has 0 fully saturated rings. The summed E-state index contributed by atoms with van der Waals surface area (Å²) in [5.41, 5.74) is 0.899. The van der Waals surface area contributed by atoms with Crippen molar-refractivity contribution < 1.29 is 4.74 Å². The monoisotopic (exact) mass is 458 g/mol. The van der Waals surface area contributed by atoms with E-state index in [4.69, 9.17) is 21.6 Å². The summed E-state index contributed by atoms with van der Waals surface area (Å²) in [6.07, 6.45) is 1.48. The highest BCUT2D eigenvalue weighted by atomic mass is 79.9. The Labute approximate surface area is 175 Å². The molecule has 0 radical (unpaired) electrons. The molecule has 0 bridgehead atoms. The zero-order valence-electron chi connectivity index (χ0n) is 15.2. The van der Waals surface area contributed by atoms with Crippen molar-refractivity contribution in [2.24, 2.45) is 5.10 Å².